The minimum Gasteiger partial charge on any atom is -0.509 e. The third kappa shape index (κ3) is 6.88. The Kier molecular flexibility index (Phi) is 10.0. The summed E-state index contributed by atoms with van der Waals surface area (Å²) in [6.07, 6.45) is 2.01. The summed E-state index contributed by atoms with van der Waals surface area (Å²) in [5.41, 5.74) is 13.7. The van der Waals surface area contributed by atoms with Gasteiger partial charge in [0.25, 0.3) is 0 Å². The standard InChI is InChI=1S/C60H38N5O.Pt/c1-5-18-41(19-6-1)43-32-33-55-57(34-43)62(44-22-9-3-10-23-44)40-63(55)46-26-17-27-47(35-46)66-48-36-51(42-20-7-2-8-21-42)60-50-29-14-16-31-54(50)65(58(60)37-48)59-38-56-52(39-61-59)49-28-13-15-30-53(49)64(56)45-24-11-4-12-25-45;/h1-34,36,38-40H;/q-3;. The van der Waals surface area contributed by atoms with E-state index in [0.29, 0.717) is 11.5 Å². The molecular formula is C60H38N5OPt-3. The zero-order chi connectivity index (χ0) is 43.6. The Labute approximate surface area is 402 Å². The second-order valence-electron chi connectivity index (χ2n) is 16.5. The van der Waals surface area contributed by atoms with Crippen LogP contribution in [0, 0.1) is 18.8 Å². The number of rotatable bonds is 8. The second kappa shape index (κ2) is 16.7. The maximum Gasteiger partial charge on any atom is 0.137 e. The van der Waals surface area contributed by atoms with Gasteiger partial charge in [-0.1, -0.05) is 150 Å². The molecule has 0 amide bonds. The molecule has 0 bridgehead atoms. The van der Waals surface area contributed by atoms with Crippen molar-refractivity contribution in [3.05, 3.63) is 243 Å². The number of benzene rings is 9. The summed E-state index contributed by atoms with van der Waals surface area (Å²) in [4.78, 5) is 9.64. The van der Waals surface area contributed by atoms with E-state index < -0.39 is 0 Å². The first-order valence-corrected chi connectivity index (χ1v) is 22.1. The van der Waals surface area contributed by atoms with Gasteiger partial charge in [0.05, 0.1) is 11.0 Å². The number of hydrogen-bond donors (Lipinski definition) is 0. The van der Waals surface area contributed by atoms with Gasteiger partial charge in [-0.25, -0.2) is 4.98 Å². The molecule has 0 atom stereocenters. The van der Waals surface area contributed by atoms with Gasteiger partial charge in [-0.2, -0.15) is 6.07 Å². The van der Waals surface area contributed by atoms with Gasteiger partial charge in [-0.15, -0.1) is 48.3 Å². The number of anilines is 4. The van der Waals surface area contributed by atoms with E-state index in [1.807, 2.05) is 24.4 Å². The molecule has 4 heterocycles. The van der Waals surface area contributed by atoms with Crippen molar-refractivity contribution in [2.75, 3.05) is 9.80 Å². The summed E-state index contributed by atoms with van der Waals surface area (Å²) < 4.78 is 11.5. The monoisotopic (exact) mass is 1040 g/mol. The predicted octanol–water partition coefficient (Wildman–Crippen LogP) is 15.4. The van der Waals surface area contributed by atoms with Crippen molar-refractivity contribution in [1.82, 2.24) is 14.1 Å². The van der Waals surface area contributed by atoms with Crippen LogP contribution in [0.5, 0.6) is 11.5 Å². The van der Waals surface area contributed by atoms with Crippen molar-refractivity contribution in [2.24, 2.45) is 0 Å². The van der Waals surface area contributed by atoms with Gasteiger partial charge in [0.15, 0.2) is 0 Å². The molecule has 0 saturated heterocycles. The smallest absolute Gasteiger partial charge is 0.137 e. The Morgan fingerprint density at radius 2 is 1.07 bits per heavy atom. The molecule has 9 aromatic carbocycles. The zero-order valence-corrected chi connectivity index (χ0v) is 38.2. The molecule has 6 nitrogen and oxygen atoms in total. The first kappa shape index (κ1) is 40.3. The molecule has 12 aromatic rings. The molecule has 0 spiro atoms. The van der Waals surface area contributed by atoms with Crippen molar-refractivity contribution >= 4 is 66.4 Å². The summed E-state index contributed by atoms with van der Waals surface area (Å²) >= 11 is 0. The zero-order valence-electron chi connectivity index (χ0n) is 35.9. The van der Waals surface area contributed by atoms with Gasteiger partial charge in [0.1, 0.15) is 5.82 Å². The van der Waals surface area contributed by atoms with Crippen molar-refractivity contribution in [3.8, 4) is 45.3 Å². The molecule has 0 aliphatic carbocycles. The molecule has 13 rings (SSSR count). The van der Waals surface area contributed by atoms with E-state index in [1.165, 1.54) is 5.56 Å². The predicted molar refractivity (Wildman–Crippen MR) is 269 cm³/mol. The van der Waals surface area contributed by atoms with E-state index in [0.717, 1.165) is 94.6 Å². The molecule has 1 aliphatic rings. The van der Waals surface area contributed by atoms with Crippen LogP contribution in [0.1, 0.15) is 0 Å². The van der Waals surface area contributed by atoms with Crippen LogP contribution >= 0.6 is 0 Å². The minimum absolute atomic E-state index is 0. The summed E-state index contributed by atoms with van der Waals surface area (Å²) in [6, 6.07) is 83.5. The molecule has 0 radical (unpaired) electrons. The summed E-state index contributed by atoms with van der Waals surface area (Å²) in [5, 5.41) is 4.43. The van der Waals surface area contributed by atoms with Crippen LogP contribution in [-0.2, 0) is 21.1 Å². The van der Waals surface area contributed by atoms with Gasteiger partial charge < -0.3 is 23.7 Å². The largest absolute Gasteiger partial charge is 0.509 e. The third-order valence-corrected chi connectivity index (χ3v) is 12.6. The number of nitrogens with zero attached hydrogens (tertiary/aromatic N) is 5. The third-order valence-electron chi connectivity index (χ3n) is 12.6. The maximum atomic E-state index is 6.90. The normalized spacial score (nSPS) is 12.2. The fourth-order valence-corrected chi connectivity index (χ4v) is 9.67. The molecule has 67 heavy (non-hydrogen) atoms. The number of ether oxygens (including phenoxy) is 1. The van der Waals surface area contributed by atoms with Crippen molar-refractivity contribution < 1.29 is 25.8 Å². The minimum atomic E-state index is 0. The van der Waals surface area contributed by atoms with Crippen LogP contribution in [0.3, 0.4) is 0 Å². The van der Waals surface area contributed by atoms with Crippen LogP contribution in [0.2, 0.25) is 0 Å². The van der Waals surface area contributed by atoms with E-state index >= 15 is 0 Å². The number of fused-ring (bicyclic) bond motifs is 7. The van der Waals surface area contributed by atoms with E-state index in [4.69, 9.17) is 9.72 Å². The molecule has 322 valence electrons. The van der Waals surface area contributed by atoms with Crippen LogP contribution in [-0.4, -0.2) is 14.1 Å². The van der Waals surface area contributed by atoms with Crippen LogP contribution in [0.25, 0.3) is 77.4 Å². The summed E-state index contributed by atoms with van der Waals surface area (Å²) in [6.45, 7) is 2.13. The molecule has 7 heteroatoms. The van der Waals surface area contributed by atoms with Crippen LogP contribution in [0.4, 0.5) is 22.7 Å². The maximum absolute atomic E-state index is 6.90. The molecule has 3 aromatic heterocycles. The fourth-order valence-electron chi connectivity index (χ4n) is 9.67. The van der Waals surface area contributed by atoms with Gasteiger partial charge >= 0.3 is 0 Å². The number of aromatic nitrogens is 3. The summed E-state index contributed by atoms with van der Waals surface area (Å²) in [7, 11) is 0. The first-order valence-electron chi connectivity index (χ1n) is 22.1. The van der Waals surface area contributed by atoms with Crippen LogP contribution in [0.15, 0.2) is 225 Å². The number of para-hydroxylation sites is 4. The van der Waals surface area contributed by atoms with E-state index in [2.05, 4.69) is 238 Å². The number of pyridine rings is 1. The topological polar surface area (TPSA) is 38.5 Å². The van der Waals surface area contributed by atoms with Gasteiger partial charge in [0, 0.05) is 83.9 Å². The molecule has 0 fully saturated rings. The Hall–Kier alpha value is -8.18. The van der Waals surface area contributed by atoms with Gasteiger partial charge in [0.2, 0.25) is 0 Å². The van der Waals surface area contributed by atoms with E-state index in [-0.39, 0.29) is 21.1 Å². The quantitative estimate of drug-likeness (QED) is 0.142. The van der Waals surface area contributed by atoms with Gasteiger partial charge in [-0.05, 0) is 70.6 Å². The molecule has 0 unspecified atom stereocenters. The average molecular weight is 1040 g/mol. The first-order chi connectivity index (χ1) is 32.7. The Morgan fingerprint density at radius 3 is 1.82 bits per heavy atom. The average Bonchev–Trinajstić information content (AvgIpc) is 4.05. The second-order valence-corrected chi connectivity index (χ2v) is 16.5. The van der Waals surface area contributed by atoms with Crippen molar-refractivity contribution in [2.45, 2.75) is 0 Å². The van der Waals surface area contributed by atoms with Crippen molar-refractivity contribution in [1.29, 1.82) is 0 Å². The molecule has 0 saturated carbocycles. The molecule has 1 aliphatic heterocycles. The molecule has 0 N–H and O–H groups in total. The van der Waals surface area contributed by atoms with E-state index in [9.17, 15) is 0 Å². The van der Waals surface area contributed by atoms with Gasteiger partial charge in [-0.3, -0.25) is 0 Å². The Balaban J connectivity index is 0.00000468. The van der Waals surface area contributed by atoms with E-state index in [1.54, 1.807) is 0 Å². The van der Waals surface area contributed by atoms with Crippen LogP contribution < -0.4 is 14.5 Å². The number of hydrogen-bond acceptors (Lipinski definition) is 4. The SMILES string of the molecule is [Pt].[c-]1c(Oc2[c-]c3c(c(-c4ccccc4)c2)c2ccccc2n3-c2cc3c(cn2)c2ccccc2n3-c2ccccc2)cccc1N1[CH-]N(c2ccccc2)c2cc(-c3ccccc3)ccc21. The Morgan fingerprint density at radius 1 is 0.433 bits per heavy atom. The van der Waals surface area contributed by atoms with Crippen molar-refractivity contribution in [3.63, 3.8) is 0 Å². The summed E-state index contributed by atoms with van der Waals surface area (Å²) in [5.74, 6) is 1.93. The Bertz CT molecular complexity index is 3780. The molecular weight excluding hydrogens is 1000 g/mol. The fraction of sp³-hybridized carbons (Fsp3) is 0.